The maximum absolute atomic E-state index is 12.4. The van der Waals surface area contributed by atoms with Gasteiger partial charge in [-0.25, -0.2) is 5.21 Å². The van der Waals surface area contributed by atoms with Crippen LogP contribution in [0.2, 0.25) is 0 Å². The lowest BCUT2D eigenvalue weighted by molar-refractivity contribution is -0.539. The van der Waals surface area contributed by atoms with Crippen molar-refractivity contribution >= 4 is 21.8 Å². The number of hydrogen-bond donors (Lipinski definition) is 1. The molecule has 1 heterocycles. The molecule has 0 radical (unpaired) electrons. The van der Waals surface area contributed by atoms with Crippen molar-refractivity contribution in [1.29, 1.82) is 0 Å². The molecule has 18 heavy (non-hydrogen) atoms. The number of halogens is 1. The van der Waals surface area contributed by atoms with E-state index in [9.17, 15) is 10.4 Å². The van der Waals surface area contributed by atoms with E-state index in [1.165, 1.54) is 0 Å². The molecule has 0 atom stereocenters. The highest BCUT2D eigenvalue weighted by atomic mass is 79.9. The van der Waals surface area contributed by atoms with Crippen molar-refractivity contribution in [3.63, 3.8) is 0 Å². The summed E-state index contributed by atoms with van der Waals surface area (Å²) in [5.41, 5.74) is -0.657. The lowest BCUT2D eigenvalue weighted by atomic mass is 9.84. The third kappa shape index (κ3) is 1.65. The molecular weight excluding hydrogens is 296 g/mol. The molecule has 5 heteroatoms. The highest BCUT2D eigenvalue weighted by molar-refractivity contribution is 9.10. The van der Waals surface area contributed by atoms with Crippen molar-refractivity contribution in [3.8, 4) is 0 Å². The molecule has 1 aromatic rings. The lowest BCUT2D eigenvalue weighted by Gasteiger charge is -2.33. The van der Waals surface area contributed by atoms with E-state index >= 15 is 0 Å². The third-order valence-electron chi connectivity index (χ3n) is 4.03. The van der Waals surface area contributed by atoms with Crippen molar-refractivity contribution in [2.24, 2.45) is 0 Å². The van der Waals surface area contributed by atoms with Gasteiger partial charge in [0, 0.05) is 4.47 Å². The van der Waals surface area contributed by atoms with Crippen LogP contribution in [0.4, 0.5) is 0 Å². The molecule has 0 fully saturated rings. The van der Waals surface area contributed by atoms with Crippen LogP contribution in [-0.2, 0) is 0 Å². The fraction of sp³-hybridized carbons (Fsp3) is 0.462. The van der Waals surface area contributed by atoms with Gasteiger partial charge < -0.3 is 5.21 Å². The van der Waals surface area contributed by atoms with Crippen LogP contribution in [0.5, 0.6) is 0 Å². The quantitative estimate of drug-likeness (QED) is 0.640. The molecule has 4 nitrogen and oxygen atoms in total. The van der Waals surface area contributed by atoms with Gasteiger partial charge in [0.1, 0.15) is 5.54 Å². The zero-order chi connectivity index (χ0) is 13.7. The van der Waals surface area contributed by atoms with Crippen LogP contribution in [0, 0.1) is 5.21 Å². The second kappa shape index (κ2) is 3.96. The zero-order valence-electron chi connectivity index (χ0n) is 10.9. The van der Waals surface area contributed by atoms with E-state index in [4.69, 9.17) is 0 Å². The number of nitrogens with zero attached hydrogens (tertiary/aromatic N) is 2. The molecule has 1 aliphatic heterocycles. The minimum absolute atomic E-state index is 0.289. The Hall–Kier alpha value is -1.07. The van der Waals surface area contributed by atoms with E-state index < -0.39 is 11.1 Å². The number of hydrogen-bond acceptors (Lipinski definition) is 3. The highest BCUT2D eigenvalue weighted by Crippen LogP contribution is 2.37. The number of hydroxylamine groups is 3. The van der Waals surface area contributed by atoms with E-state index in [0.29, 0.717) is 5.56 Å². The molecule has 0 aromatic heterocycles. The SMILES string of the molecule is CC1(C)N(O)C(c2ccc(Br)cc2)=[N+]([O-])C1(C)C. The smallest absolute Gasteiger partial charge is 0.313 e. The summed E-state index contributed by atoms with van der Waals surface area (Å²) in [5, 5.41) is 23.8. The molecule has 1 N–H and O–H groups in total. The molecule has 2 rings (SSSR count). The van der Waals surface area contributed by atoms with Crippen molar-refractivity contribution in [1.82, 2.24) is 5.06 Å². The summed E-state index contributed by atoms with van der Waals surface area (Å²) >= 11 is 3.35. The summed E-state index contributed by atoms with van der Waals surface area (Å²) in [6.45, 7) is 7.36. The lowest BCUT2D eigenvalue weighted by Crippen LogP contribution is -2.53. The predicted octanol–water partition coefficient (Wildman–Crippen LogP) is 2.97. The molecule has 0 unspecified atom stereocenters. The fourth-order valence-electron chi connectivity index (χ4n) is 1.96. The number of benzene rings is 1. The Morgan fingerprint density at radius 1 is 1.17 bits per heavy atom. The van der Waals surface area contributed by atoms with E-state index in [1.54, 1.807) is 0 Å². The van der Waals surface area contributed by atoms with Crippen molar-refractivity contribution in [3.05, 3.63) is 39.5 Å². The molecule has 0 spiro atoms. The van der Waals surface area contributed by atoms with Gasteiger partial charge in [0.05, 0.1) is 5.56 Å². The van der Waals surface area contributed by atoms with Gasteiger partial charge in [-0.1, -0.05) is 15.9 Å². The molecular formula is C13H17BrN2O2. The van der Waals surface area contributed by atoms with Crippen LogP contribution in [0.1, 0.15) is 33.3 Å². The summed E-state index contributed by atoms with van der Waals surface area (Å²) in [7, 11) is 0. The Morgan fingerprint density at radius 3 is 2.06 bits per heavy atom. The molecule has 0 saturated carbocycles. The maximum atomic E-state index is 12.4. The van der Waals surface area contributed by atoms with Crippen molar-refractivity contribution < 1.29 is 9.95 Å². The van der Waals surface area contributed by atoms with E-state index in [0.717, 1.165) is 14.3 Å². The standard InChI is InChI=1S/C13H17BrN2O2/c1-12(2)13(3,4)16(18)11(15(12)17)9-5-7-10(14)8-6-9/h5-8,17H,1-4H3. The highest BCUT2D eigenvalue weighted by Gasteiger charge is 2.58. The maximum Gasteiger partial charge on any atom is 0.313 e. The van der Waals surface area contributed by atoms with Gasteiger partial charge in [0.25, 0.3) is 0 Å². The van der Waals surface area contributed by atoms with Crippen molar-refractivity contribution in [2.45, 2.75) is 38.8 Å². The number of rotatable bonds is 1. The zero-order valence-corrected chi connectivity index (χ0v) is 12.5. The molecule has 0 saturated heterocycles. The van der Waals surface area contributed by atoms with Crippen LogP contribution in [0.3, 0.4) is 0 Å². The van der Waals surface area contributed by atoms with Gasteiger partial charge in [-0.3, -0.25) is 4.74 Å². The summed E-state index contributed by atoms with van der Waals surface area (Å²) < 4.78 is 1.82. The first-order valence-electron chi connectivity index (χ1n) is 5.79. The summed E-state index contributed by atoms with van der Waals surface area (Å²) in [6, 6.07) is 7.32. The van der Waals surface area contributed by atoms with Gasteiger partial charge in [-0.15, -0.1) is 5.06 Å². The molecule has 1 aliphatic rings. The van der Waals surface area contributed by atoms with Crippen LogP contribution >= 0.6 is 15.9 Å². The monoisotopic (exact) mass is 312 g/mol. The van der Waals surface area contributed by atoms with Crippen LogP contribution in [0.15, 0.2) is 28.7 Å². The van der Waals surface area contributed by atoms with Crippen LogP contribution in [-0.4, -0.2) is 31.9 Å². The Balaban J connectivity index is 2.57. The minimum atomic E-state index is -0.704. The van der Waals surface area contributed by atoms with Gasteiger partial charge in [0.2, 0.25) is 0 Å². The number of amidine groups is 1. The Bertz CT molecular complexity index is 506. The largest absolute Gasteiger partial charge is 0.714 e. The Morgan fingerprint density at radius 2 is 1.67 bits per heavy atom. The summed E-state index contributed by atoms with van der Waals surface area (Å²) in [4.78, 5) is 0. The summed E-state index contributed by atoms with van der Waals surface area (Å²) in [5.74, 6) is 0.289. The topological polar surface area (TPSA) is 49.5 Å². The summed E-state index contributed by atoms with van der Waals surface area (Å²) in [6.07, 6.45) is 0. The van der Waals surface area contributed by atoms with E-state index in [1.807, 2.05) is 52.0 Å². The van der Waals surface area contributed by atoms with Crippen LogP contribution in [0.25, 0.3) is 0 Å². The Kier molecular flexibility index (Phi) is 2.94. The van der Waals surface area contributed by atoms with E-state index in [2.05, 4.69) is 15.9 Å². The second-order valence-corrected chi connectivity index (χ2v) is 6.47. The van der Waals surface area contributed by atoms with Gasteiger partial charge in [-0.05, 0) is 52.0 Å². The Labute approximate surface area is 115 Å². The average molecular weight is 313 g/mol. The molecule has 1 aromatic carbocycles. The van der Waals surface area contributed by atoms with Gasteiger partial charge in [0.15, 0.2) is 5.54 Å². The predicted molar refractivity (Wildman–Crippen MR) is 73.7 cm³/mol. The molecule has 0 bridgehead atoms. The van der Waals surface area contributed by atoms with Crippen LogP contribution < -0.4 is 0 Å². The normalized spacial score (nSPS) is 21.6. The first kappa shape index (κ1) is 13.4. The minimum Gasteiger partial charge on any atom is -0.714 e. The van der Waals surface area contributed by atoms with E-state index in [-0.39, 0.29) is 5.84 Å². The first-order valence-corrected chi connectivity index (χ1v) is 6.58. The third-order valence-corrected chi connectivity index (χ3v) is 4.56. The molecule has 0 aliphatic carbocycles. The first-order chi connectivity index (χ1) is 8.19. The second-order valence-electron chi connectivity index (χ2n) is 5.55. The fourth-order valence-corrected chi connectivity index (χ4v) is 2.23. The van der Waals surface area contributed by atoms with Gasteiger partial charge >= 0.3 is 5.84 Å². The van der Waals surface area contributed by atoms with Gasteiger partial charge in [-0.2, -0.15) is 0 Å². The molecule has 0 amide bonds. The average Bonchev–Trinajstić information content (AvgIpc) is 2.41. The van der Waals surface area contributed by atoms with Crippen molar-refractivity contribution in [2.75, 3.05) is 0 Å². The molecule has 98 valence electrons.